The largest absolute Gasteiger partial charge is 0.455 e. The summed E-state index contributed by atoms with van der Waals surface area (Å²) in [5.74, 6) is -1.96. The summed E-state index contributed by atoms with van der Waals surface area (Å²) in [5.41, 5.74) is 4.10. The number of fused-ring (bicyclic) bond motifs is 1. The SMILES string of the molecule is C[C@@H]1CN(CC2=C(c3ccc(Cl)cc3)CC(C)(C)CC2)CCN1c1ccc(C(=O)NS(=O)(=O)c2cc(F)c(NC[C@H]3COCCO3)c([N+](=O)[O-])c2)c(Oc2cnc3[nH]ccc3c2)c1. The maximum Gasteiger partial charge on any atom is 0.296 e. The van der Waals surface area contributed by atoms with E-state index in [-0.39, 0.29) is 35.9 Å². The first-order valence-corrected chi connectivity index (χ1v) is 22.7. The van der Waals surface area contributed by atoms with Crippen LogP contribution in [0.1, 0.15) is 56.0 Å². The molecule has 0 spiro atoms. The van der Waals surface area contributed by atoms with E-state index in [4.69, 9.17) is 25.8 Å². The molecule has 3 N–H and O–H groups in total. The number of nitrogens with one attached hydrogen (secondary N) is 3. The summed E-state index contributed by atoms with van der Waals surface area (Å²) < 4.78 is 61.9. The maximum absolute atomic E-state index is 15.5. The van der Waals surface area contributed by atoms with Gasteiger partial charge in [0, 0.05) is 73.2 Å². The molecule has 1 aliphatic carbocycles. The standard InChI is InChI=1S/C45H49ClFN7O8S/c1-28-25-52(26-31-10-12-45(2,3)22-38(31)29-4-6-32(46)7-5-29)14-15-53(28)33-8-9-37(41(19-33)62-34-18-30-11-13-48-43(30)50-23-34)44(55)51-63(58,59)36-20-39(47)42(40(21-36)54(56)57)49-24-35-27-60-16-17-61-35/h4-9,11,13,18-21,23,28,35,49H,10,12,14-17,22,24-27H2,1-3H3,(H,48,50)(H,51,55)/t28-,35+/m1/s1. The van der Waals surface area contributed by atoms with Crippen LogP contribution in [-0.4, -0.2) is 98.8 Å². The van der Waals surface area contributed by atoms with Crippen LogP contribution in [0.3, 0.4) is 0 Å². The normalized spacial score (nSPS) is 19.5. The Hall–Kier alpha value is -5.59. The minimum absolute atomic E-state index is 0.0246. The number of piperazine rings is 1. The lowest BCUT2D eigenvalue weighted by atomic mass is 9.72. The fraction of sp³-hybridized carbons (Fsp3) is 0.378. The Morgan fingerprint density at radius 2 is 1.92 bits per heavy atom. The van der Waals surface area contributed by atoms with Crippen molar-refractivity contribution in [1.29, 1.82) is 0 Å². The Bertz CT molecular complexity index is 2670. The highest BCUT2D eigenvalue weighted by atomic mass is 35.5. The molecule has 8 rings (SSSR count). The Morgan fingerprint density at radius 1 is 1.11 bits per heavy atom. The van der Waals surface area contributed by atoms with Gasteiger partial charge < -0.3 is 29.4 Å². The molecule has 2 saturated heterocycles. The van der Waals surface area contributed by atoms with E-state index in [0.29, 0.717) is 48.3 Å². The number of sulfonamides is 1. The molecule has 1 amide bonds. The molecule has 5 aromatic rings. The van der Waals surface area contributed by atoms with Crippen molar-refractivity contribution >= 4 is 61.2 Å². The van der Waals surface area contributed by atoms with Crippen molar-refractivity contribution in [3.05, 3.63) is 117 Å². The molecule has 2 aromatic heterocycles. The molecule has 332 valence electrons. The number of H-pyrrole nitrogens is 1. The van der Waals surface area contributed by atoms with Gasteiger partial charge in [0.2, 0.25) is 0 Å². The van der Waals surface area contributed by atoms with Crippen LogP contribution < -0.4 is 19.7 Å². The smallest absolute Gasteiger partial charge is 0.296 e. The van der Waals surface area contributed by atoms with Crippen LogP contribution in [0.5, 0.6) is 11.5 Å². The molecule has 18 heteroatoms. The fourth-order valence-electron chi connectivity index (χ4n) is 8.51. The number of nitrogens with zero attached hydrogens (tertiary/aromatic N) is 4. The Labute approximate surface area is 369 Å². The van der Waals surface area contributed by atoms with Gasteiger partial charge in [-0.2, -0.15) is 0 Å². The number of hydrogen-bond acceptors (Lipinski definition) is 12. The molecule has 0 unspecified atom stereocenters. The van der Waals surface area contributed by atoms with E-state index in [2.05, 4.69) is 58.0 Å². The molecule has 0 bridgehead atoms. The number of nitro groups is 1. The van der Waals surface area contributed by atoms with Crippen LogP contribution >= 0.6 is 11.6 Å². The quantitative estimate of drug-likeness (QED) is 0.0763. The van der Waals surface area contributed by atoms with Crippen LogP contribution in [0.15, 0.2) is 89.6 Å². The minimum Gasteiger partial charge on any atom is -0.455 e. The van der Waals surface area contributed by atoms with Gasteiger partial charge in [0.25, 0.3) is 21.6 Å². The zero-order valence-corrected chi connectivity index (χ0v) is 36.7. The topological polar surface area (TPSA) is 181 Å². The van der Waals surface area contributed by atoms with Crippen molar-refractivity contribution in [2.45, 2.75) is 57.1 Å². The number of ether oxygens (including phenoxy) is 3. The second-order valence-electron chi connectivity index (χ2n) is 17.0. The highest BCUT2D eigenvalue weighted by Crippen LogP contribution is 2.44. The van der Waals surface area contributed by atoms with Gasteiger partial charge in [-0.05, 0) is 85.2 Å². The second-order valence-corrected chi connectivity index (χ2v) is 19.1. The second kappa shape index (κ2) is 18.3. The first kappa shape index (κ1) is 44.0. The number of nitro benzene ring substituents is 1. The number of pyridine rings is 1. The number of amides is 1. The predicted octanol–water partition coefficient (Wildman–Crippen LogP) is 8.18. The van der Waals surface area contributed by atoms with Crippen molar-refractivity contribution in [3.8, 4) is 11.5 Å². The van der Waals surface area contributed by atoms with Crippen molar-refractivity contribution in [1.82, 2.24) is 19.6 Å². The Morgan fingerprint density at radius 3 is 2.67 bits per heavy atom. The third-order valence-corrected chi connectivity index (χ3v) is 13.4. The molecule has 0 radical (unpaired) electrons. The lowest BCUT2D eigenvalue weighted by Crippen LogP contribution is -2.52. The lowest BCUT2D eigenvalue weighted by molar-refractivity contribution is -0.384. The average molecular weight is 902 g/mol. The van der Waals surface area contributed by atoms with Crippen molar-refractivity contribution < 1.29 is 36.7 Å². The van der Waals surface area contributed by atoms with E-state index in [0.717, 1.165) is 50.0 Å². The number of anilines is 2. The molecular formula is C45H49ClFN7O8S. The Kier molecular flexibility index (Phi) is 12.8. The summed E-state index contributed by atoms with van der Waals surface area (Å²) in [6, 6.07) is 17.9. The van der Waals surface area contributed by atoms with Crippen LogP contribution in [0.2, 0.25) is 5.02 Å². The molecule has 2 aliphatic heterocycles. The van der Waals surface area contributed by atoms with Crippen molar-refractivity contribution in [2.75, 3.05) is 62.8 Å². The number of carbonyl (C=O) groups excluding carboxylic acids is 1. The summed E-state index contributed by atoms with van der Waals surface area (Å²) >= 11 is 6.24. The molecule has 0 saturated carbocycles. The highest BCUT2D eigenvalue weighted by molar-refractivity contribution is 7.90. The summed E-state index contributed by atoms with van der Waals surface area (Å²) in [6.07, 6.45) is 5.83. The molecule has 3 aliphatic rings. The van der Waals surface area contributed by atoms with Crippen LogP contribution in [0, 0.1) is 21.3 Å². The third-order valence-electron chi connectivity index (χ3n) is 11.8. The summed E-state index contributed by atoms with van der Waals surface area (Å²) in [6.45, 7) is 10.7. The van der Waals surface area contributed by atoms with Gasteiger partial charge in [0.05, 0.1) is 47.5 Å². The molecule has 2 fully saturated rings. The van der Waals surface area contributed by atoms with E-state index < -0.39 is 49.0 Å². The van der Waals surface area contributed by atoms with Gasteiger partial charge in [0.15, 0.2) is 5.82 Å². The van der Waals surface area contributed by atoms with Gasteiger partial charge in [0.1, 0.15) is 22.8 Å². The predicted molar refractivity (Wildman–Crippen MR) is 239 cm³/mol. The zero-order valence-electron chi connectivity index (χ0n) is 35.2. The average Bonchev–Trinajstić information content (AvgIpc) is 3.72. The van der Waals surface area contributed by atoms with Crippen molar-refractivity contribution in [3.63, 3.8) is 0 Å². The number of hydrogen-bond donors (Lipinski definition) is 3. The van der Waals surface area contributed by atoms with Gasteiger partial charge in [-0.15, -0.1) is 0 Å². The number of benzene rings is 3. The van der Waals surface area contributed by atoms with Crippen LogP contribution in [0.25, 0.3) is 16.6 Å². The molecule has 4 heterocycles. The molecule has 15 nitrogen and oxygen atoms in total. The van der Waals surface area contributed by atoms with Gasteiger partial charge in [-0.1, -0.05) is 43.2 Å². The summed E-state index contributed by atoms with van der Waals surface area (Å²) in [4.78, 5) is 36.4. The van der Waals surface area contributed by atoms with Gasteiger partial charge in [-0.3, -0.25) is 19.8 Å². The lowest BCUT2D eigenvalue weighted by Gasteiger charge is -2.43. The Balaban J connectivity index is 1.03. The number of aromatic amines is 1. The monoisotopic (exact) mass is 901 g/mol. The van der Waals surface area contributed by atoms with E-state index in [1.54, 1.807) is 24.4 Å². The van der Waals surface area contributed by atoms with Crippen LogP contribution in [-0.2, 0) is 19.5 Å². The molecular weight excluding hydrogens is 853 g/mol. The fourth-order valence-corrected chi connectivity index (χ4v) is 9.63. The van der Waals surface area contributed by atoms with E-state index in [9.17, 15) is 23.3 Å². The van der Waals surface area contributed by atoms with E-state index in [1.165, 1.54) is 29.0 Å². The van der Waals surface area contributed by atoms with Gasteiger partial charge in [-0.25, -0.2) is 22.5 Å². The van der Waals surface area contributed by atoms with E-state index in [1.807, 2.05) is 22.9 Å². The van der Waals surface area contributed by atoms with Crippen LogP contribution in [0.4, 0.5) is 21.5 Å². The third kappa shape index (κ3) is 10.1. The summed E-state index contributed by atoms with van der Waals surface area (Å²) in [7, 11) is -4.85. The first-order valence-electron chi connectivity index (χ1n) is 20.8. The number of aromatic nitrogens is 2. The maximum atomic E-state index is 15.5. The highest BCUT2D eigenvalue weighted by Gasteiger charge is 2.33. The minimum atomic E-state index is -4.85. The van der Waals surface area contributed by atoms with Crippen molar-refractivity contribution in [2.24, 2.45) is 5.41 Å². The first-order chi connectivity index (χ1) is 30.1. The molecule has 2 atom stereocenters. The number of halogens is 2. The number of carbonyl (C=O) groups is 1. The molecule has 3 aromatic carbocycles. The van der Waals surface area contributed by atoms with Gasteiger partial charge >= 0.3 is 0 Å². The number of allylic oxidation sites excluding steroid dienone is 1. The number of rotatable bonds is 13. The summed E-state index contributed by atoms with van der Waals surface area (Å²) in [5, 5.41) is 16.2. The zero-order chi connectivity index (χ0) is 44.5. The van der Waals surface area contributed by atoms with E-state index >= 15 is 4.39 Å². The molecule has 63 heavy (non-hydrogen) atoms.